The number of thiophene rings is 3. The molecule has 0 fully saturated rings. The lowest BCUT2D eigenvalue weighted by Crippen LogP contribution is -2.20. The molecule has 58 heavy (non-hydrogen) atoms. The number of ether oxygens (including phenoxy) is 2. The predicted molar refractivity (Wildman–Crippen MR) is 245 cm³/mol. The van der Waals surface area contributed by atoms with Crippen LogP contribution in [0.5, 0.6) is 17.2 Å². The molecule has 6 aromatic rings. The van der Waals surface area contributed by atoms with E-state index in [0.29, 0.717) is 50.3 Å². The molecule has 8 rings (SSSR count). The molecule has 1 atom stereocenters. The van der Waals surface area contributed by atoms with Gasteiger partial charge in [0.25, 0.3) is 5.92 Å². The number of thioether (sulfide) groups is 1. The number of hydrogen-bond acceptors (Lipinski definition) is 8. The zero-order valence-electron chi connectivity index (χ0n) is 34.4. The molecule has 2 aromatic carbocycles. The van der Waals surface area contributed by atoms with E-state index in [1.165, 1.54) is 39.1 Å². The first-order valence-corrected chi connectivity index (χ1v) is 22.6. The van der Waals surface area contributed by atoms with Gasteiger partial charge in [-0.25, -0.2) is 8.78 Å². The molecule has 10 heteroatoms. The van der Waals surface area contributed by atoms with Gasteiger partial charge in [-0.05, 0) is 108 Å². The maximum absolute atomic E-state index is 15.3. The van der Waals surface area contributed by atoms with Crippen LogP contribution in [0, 0.1) is 12.3 Å². The van der Waals surface area contributed by atoms with Crippen LogP contribution in [0.1, 0.15) is 91.4 Å². The molecule has 4 aromatic heterocycles. The minimum absolute atomic E-state index is 0.0423. The average Bonchev–Trinajstić information content (AvgIpc) is 4.01. The van der Waals surface area contributed by atoms with Crippen LogP contribution in [0.25, 0.3) is 42.9 Å². The summed E-state index contributed by atoms with van der Waals surface area (Å²) in [5, 5.41) is 12.6. The summed E-state index contributed by atoms with van der Waals surface area (Å²) in [6, 6.07) is 23.2. The van der Waals surface area contributed by atoms with Crippen LogP contribution in [0.15, 0.2) is 95.1 Å². The second-order valence-corrected chi connectivity index (χ2v) is 21.7. The number of aromatic hydroxyl groups is 1. The molecular weight excluding hydrogens is 807 g/mol. The van der Waals surface area contributed by atoms with Crippen LogP contribution in [0.2, 0.25) is 0 Å². The second-order valence-electron chi connectivity index (χ2n) is 16.9. The maximum atomic E-state index is 15.3. The van der Waals surface area contributed by atoms with Crippen LogP contribution in [0.3, 0.4) is 0 Å². The van der Waals surface area contributed by atoms with Crippen LogP contribution in [-0.4, -0.2) is 30.5 Å². The van der Waals surface area contributed by atoms with Gasteiger partial charge in [-0.1, -0.05) is 47.6 Å². The quantitative estimate of drug-likeness (QED) is 0.165. The summed E-state index contributed by atoms with van der Waals surface area (Å²) in [7, 11) is 3.09. The summed E-state index contributed by atoms with van der Waals surface area (Å²) in [4.78, 5) is 8.81. The van der Waals surface area contributed by atoms with Crippen molar-refractivity contribution >= 4 is 78.9 Å². The molecule has 2 aliphatic rings. The molecule has 0 bridgehead atoms. The van der Waals surface area contributed by atoms with Crippen molar-refractivity contribution < 1.29 is 27.8 Å². The number of benzene rings is 2. The Balaban J connectivity index is 0.000000286. The first-order valence-electron chi connectivity index (χ1n) is 19.3. The van der Waals surface area contributed by atoms with Gasteiger partial charge < -0.3 is 19.0 Å². The van der Waals surface area contributed by atoms with Crippen LogP contribution < -0.4 is 9.47 Å². The van der Waals surface area contributed by atoms with Crippen molar-refractivity contribution in [3.8, 4) is 27.0 Å². The third-order valence-corrected chi connectivity index (χ3v) is 16.1. The van der Waals surface area contributed by atoms with Gasteiger partial charge in [0, 0.05) is 80.9 Å². The Morgan fingerprint density at radius 3 is 2.16 bits per heavy atom. The van der Waals surface area contributed by atoms with E-state index >= 15 is 8.78 Å². The maximum Gasteiger partial charge on any atom is 0.256 e. The van der Waals surface area contributed by atoms with Crippen molar-refractivity contribution in [2.45, 2.75) is 84.3 Å². The fourth-order valence-corrected chi connectivity index (χ4v) is 11.6. The first-order chi connectivity index (χ1) is 27.4. The third-order valence-electron chi connectivity index (χ3n) is 10.4. The SMILES string of the molecule is COc1ccc(C(=Cc2ccc(-c3ccc(C(C)(C)C)s3)s2)C2=C(c3coc4cc(OC)ccc34)CC(F)(F)C2)c(O)c1.Cc1ccc(C2=CCC(C(C)(C)C)S2)s1. The normalized spacial score (nSPS) is 17.1. The summed E-state index contributed by atoms with van der Waals surface area (Å²) in [5.74, 6) is -1.90. The summed E-state index contributed by atoms with van der Waals surface area (Å²) in [5.41, 5.74) is 3.62. The number of alkyl halides is 2. The zero-order chi connectivity index (χ0) is 41.6. The fraction of sp³-hybridized carbons (Fsp3) is 0.333. The van der Waals surface area contributed by atoms with Crippen molar-refractivity contribution in [2.24, 2.45) is 5.41 Å². The Morgan fingerprint density at radius 2 is 1.52 bits per heavy atom. The molecule has 1 aliphatic carbocycles. The lowest BCUT2D eigenvalue weighted by molar-refractivity contribution is 0.0161. The lowest BCUT2D eigenvalue weighted by Gasteiger charge is -2.26. The minimum atomic E-state index is -2.96. The predicted octanol–water partition coefficient (Wildman–Crippen LogP) is 15.6. The van der Waals surface area contributed by atoms with Gasteiger partial charge in [-0.15, -0.1) is 45.8 Å². The molecule has 0 saturated carbocycles. The van der Waals surface area contributed by atoms with Crippen molar-refractivity contribution in [1.29, 1.82) is 0 Å². The van der Waals surface area contributed by atoms with Crippen molar-refractivity contribution in [3.05, 3.63) is 121 Å². The van der Waals surface area contributed by atoms with E-state index in [2.05, 4.69) is 96.6 Å². The highest BCUT2D eigenvalue weighted by Gasteiger charge is 2.42. The lowest BCUT2D eigenvalue weighted by atomic mass is 9.90. The molecule has 0 spiro atoms. The number of allylic oxidation sites excluding steroid dienone is 4. The van der Waals surface area contributed by atoms with Crippen LogP contribution in [-0.2, 0) is 5.41 Å². The molecule has 304 valence electrons. The molecule has 1 aliphatic heterocycles. The van der Waals surface area contributed by atoms with Crippen molar-refractivity contribution in [3.63, 3.8) is 0 Å². The number of furan rings is 1. The molecule has 0 saturated heterocycles. The van der Waals surface area contributed by atoms with Crippen LogP contribution in [0.4, 0.5) is 8.78 Å². The van der Waals surface area contributed by atoms with Gasteiger partial charge in [-0.2, -0.15) is 0 Å². The number of aryl methyl sites for hydroxylation is 1. The summed E-state index contributed by atoms with van der Waals surface area (Å²) in [6.07, 6.45) is 6.19. The van der Waals surface area contributed by atoms with Gasteiger partial charge >= 0.3 is 0 Å². The third kappa shape index (κ3) is 9.20. The van der Waals surface area contributed by atoms with Crippen LogP contribution >= 0.6 is 45.8 Å². The van der Waals surface area contributed by atoms with Gasteiger partial charge in [0.2, 0.25) is 0 Å². The molecule has 5 heterocycles. The van der Waals surface area contributed by atoms with E-state index in [1.54, 1.807) is 60.3 Å². The molecular formula is C48H50F2O4S4. The highest BCUT2D eigenvalue weighted by molar-refractivity contribution is 8.09. The topological polar surface area (TPSA) is 51.8 Å². The van der Waals surface area contributed by atoms with E-state index in [4.69, 9.17) is 13.9 Å². The van der Waals surface area contributed by atoms with E-state index in [0.717, 1.165) is 25.3 Å². The number of phenolic OH excluding ortho intramolecular Hbond substituents is 1. The fourth-order valence-electron chi connectivity index (χ4n) is 7.17. The highest BCUT2D eigenvalue weighted by atomic mass is 32.2. The Bertz CT molecular complexity index is 2530. The van der Waals surface area contributed by atoms with E-state index in [9.17, 15) is 5.11 Å². The Kier molecular flexibility index (Phi) is 12.0. The number of halogens is 2. The molecule has 4 nitrogen and oxygen atoms in total. The van der Waals surface area contributed by atoms with Gasteiger partial charge in [-0.3, -0.25) is 0 Å². The number of phenols is 1. The Labute approximate surface area is 356 Å². The summed E-state index contributed by atoms with van der Waals surface area (Å²) >= 11 is 7.32. The monoisotopic (exact) mass is 856 g/mol. The standard InChI is InChI=1S/C35H32F2O4S2.C13H18S2/c1-34(2,3)33-13-12-32(43-33)31-11-8-22(42-31)16-25(23-9-6-20(39-4)14-29(23)38)26-17-35(36,37)18-27(26)28-19-41-30-15-21(40-5)7-10-24(28)30;1-9-5-6-10(14-9)11-7-8-12(15-11)13(2,3)4/h6-16,19,38H,17-18H2,1-5H3;5-7,12H,8H2,1-4H3. The Hall–Kier alpha value is -4.09. The van der Waals surface area contributed by atoms with Gasteiger partial charge in [0.05, 0.1) is 20.5 Å². The first kappa shape index (κ1) is 42.0. The highest BCUT2D eigenvalue weighted by Crippen LogP contribution is 2.52. The van der Waals surface area contributed by atoms with Gasteiger partial charge in [0.1, 0.15) is 22.8 Å². The number of rotatable bonds is 8. The van der Waals surface area contributed by atoms with E-state index in [-0.39, 0.29) is 11.2 Å². The second kappa shape index (κ2) is 16.5. The smallest absolute Gasteiger partial charge is 0.256 e. The van der Waals surface area contributed by atoms with Crippen molar-refractivity contribution in [2.75, 3.05) is 14.2 Å². The number of hydrogen-bond donors (Lipinski definition) is 1. The zero-order valence-corrected chi connectivity index (χ0v) is 37.7. The molecule has 1 N–H and O–H groups in total. The van der Waals surface area contributed by atoms with Gasteiger partial charge in [0.15, 0.2) is 0 Å². The minimum Gasteiger partial charge on any atom is -0.507 e. The van der Waals surface area contributed by atoms with E-state index in [1.807, 2.05) is 29.5 Å². The molecule has 0 radical (unpaired) electrons. The summed E-state index contributed by atoms with van der Waals surface area (Å²) < 4.78 is 47.1. The number of methoxy groups -OCH3 is 2. The molecule has 0 amide bonds. The average molecular weight is 857 g/mol. The number of fused-ring (bicyclic) bond motifs is 1. The molecule has 1 unspecified atom stereocenters. The summed E-state index contributed by atoms with van der Waals surface area (Å²) in [6.45, 7) is 15.8. The van der Waals surface area contributed by atoms with E-state index < -0.39 is 18.8 Å². The Morgan fingerprint density at radius 1 is 0.828 bits per heavy atom. The largest absolute Gasteiger partial charge is 0.507 e. The van der Waals surface area contributed by atoms with Crippen molar-refractivity contribution in [1.82, 2.24) is 0 Å².